The van der Waals surface area contributed by atoms with Crippen molar-refractivity contribution in [2.45, 2.75) is 43.8 Å². The van der Waals surface area contributed by atoms with E-state index in [1.165, 1.54) is 6.26 Å². The number of benzene rings is 1. The van der Waals surface area contributed by atoms with Crippen LogP contribution in [0.25, 0.3) is 11.0 Å². The average Bonchev–Trinajstić information content (AvgIpc) is 3.19. The number of para-hydroxylation sites is 2. The largest absolute Gasteiger partial charge is 0.356 e. The van der Waals surface area contributed by atoms with E-state index in [2.05, 4.69) is 10.3 Å². The first kappa shape index (κ1) is 17.0. The zero-order valence-corrected chi connectivity index (χ0v) is 14.7. The molecule has 1 aromatic heterocycles. The predicted molar refractivity (Wildman–Crippen MR) is 92.4 cm³/mol. The smallest absolute Gasteiger partial charge is 0.228 e. The Morgan fingerprint density at radius 3 is 2.71 bits per heavy atom. The molecule has 3 rings (SSSR count). The van der Waals surface area contributed by atoms with E-state index in [-0.39, 0.29) is 17.0 Å². The number of amides is 1. The van der Waals surface area contributed by atoms with Crippen LogP contribution in [-0.2, 0) is 21.2 Å². The van der Waals surface area contributed by atoms with Gasteiger partial charge in [-0.1, -0.05) is 25.0 Å². The van der Waals surface area contributed by atoms with Crippen LogP contribution in [0.4, 0.5) is 0 Å². The van der Waals surface area contributed by atoms with Gasteiger partial charge in [-0.2, -0.15) is 0 Å². The van der Waals surface area contributed by atoms with Gasteiger partial charge in [-0.3, -0.25) is 4.79 Å². The van der Waals surface area contributed by atoms with E-state index in [9.17, 15) is 13.2 Å². The molecular formula is C17H23N3O3S. The first-order chi connectivity index (χ1) is 11.5. The second-order valence-corrected chi connectivity index (χ2v) is 8.34. The maximum Gasteiger partial charge on any atom is 0.228 e. The first-order valence-corrected chi connectivity index (χ1v) is 10.3. The number of nitrogens with zero attached hydrogens (tertiary/aromatic N) is 2. The molecule has 0 spiro atoms. The molecule has 1 heterocycles. The maximum atomic E-state index is 12.0. The number of aryl methyl sites for hydroxylation is 1. The summed E-state index contributed by atoms with van der Waals surface area (Å²) in [6.07, 6.45) is 6.08. The fraction of sp³-hybridized carbons (Fsp3) is 0.529. The summed E-state index contributed by atoms with van der Waals surface area (Å²) in [6.45, 7) is 1.05. The lowest BCUT2D eigenvalue weighted by Gasteiger charge is -2.11. The lowest BCUT2D eigenvalue weighted by Crippen LogP contribution is -2.30. The van der Waals surface area contributed by atoms with Crippen LogP contribution in [0.2, 0.25) is 0 Å². The quantitative estimate of drug-likeness (QED) is 0.810. The molecule has 0 atom stereocenters. The molecule has 2 aromatic rings. The van der Waals surface area contributed by atoms with E-state index in [4.69, 9.17) is 0 Å². The van der Waals surface area contributed by atoms with Gasteiger partial charge in [0.1, 0.15) is 0 Å². The number of carbonyl (C=O) groups is 1. The summed E-state index contributed by atoms with van der Waals surface area (Å²) in [7, 11) is -3.40. The molecule has 0 saturated heterocycles. The van der Waals surface area contributed by atoms with Gasteiger partial charge in [0.2, 0.25) is 20.9 Å². The van der Waals surface area contributed by atoms with Crippen LogP contribution in [-0.4, -0.2) is 36.7 Å². The fourth-order valence-electron chi connectivity index (χ4n) is 3.33. The molecule has 1 aliphatic rings. The van der Waals surface area contributed by atoms with Crippen molar-refractivity contribution in [3.63, 3.8) is 0 Å². The Bertz CT molecular complexity index is 836. The Kier molecular flexibility index (Phi) is 4.89. The molecule has 0 aliphatic heterocycles. The van der Waals surface area contributed by atoms with Crippen LogP contribution in [0, 0.1) is 5.92 Å². The van der Waals surface area contributed by atoms with E-state index >= 15 is 0 Å². The summed E-state index contributed by atoms with van der Waals surface area (Å²) in [5.41, 5.74) is 1.48. The van der Waals surface area contributed by atoms with Crippen molar-refractivity contribution >= 4 is 26.8 Å². The number of carbonyl (C=O) groups excluding carboxylic acids is 1. The lowest BCUT2D eigenvalue weighted by atomic mass is 10.1. The molecule has 0 bridgehead atoms. The molecule has 1 N–H and O–H groups in total. The van der Waals surface area contributed by atoms with E-state index in [1.54, 1.807) is 4.57 Å². The minimum absolute atomic E-state index is 0.0887. The Morgan fingerprint density at radius 2 is 2.00 bits per heavy atom. The van der Waals surface area contributed by atoms with E-state index in [1.807, 2.05) is 24.3 Å². The number of sulfone groups is 1. The zero-order valence-electron chi connectivity index (χ0n) is 13.9. The van der Waals surface area contributed by atoms with Crippen LogP contribution >= 0.6 is 0 Å². The van der Waals surface area contributed by atoms with Crippen LogP contribution in [0.15, 0.2) is 29.4 Å². The van der Waals surface area contributed by atoms with Gasteiger partial charge in [0.25, 0.3) is 0 Å². The number of rotatable bonds is 6. The molecule has 1 aromatic carbocycles. The van der Waals surface area contributed by atoms with Crippen molar-refractivity contribution < 1.29 is 13.2 Å². The van der Waals surface area contributed by atoms with Crippen molar-refractivity contribution in [2.75, 3.05) is 12.8 Å². The monoisotopic (exact) mass is 349 g/mol. The number of hydrogen-bond acceptors (Lipinski definition) is 4. The highest BCUT2D eigenvalue weighted by atomic mass is 32.2. The number of fused-ring (bicyclic) bond motifs is 1. The van der Waals surface area contributed by atoms with Crippen molar-refractivity contribution in [3.05, 3.63) is 24.3 Å². The highest BCUT2D eigenvalue weighted by Crippen LogP contribution is 2.24. The van der Waals surface area contributed by atoms with Gasteiger partial charge in [0.15, 0.2) is 0 Å². The van der Waals surface area contributed by atoms with E-state index in [0.29, 0.717) is 25.0 Å². The van der Waals surface area contributed by atoms with Gasteiger partial charge in [-0.25, -0.2) is 13.4 Å². The van der Waals surface area contributed by atoms with Gasteiger partial charge in [-0.15, -0.1) is 0 Å². The van der Waals surface area contributed by atoms with Crippen molar-refractivity contribution in [3.8, 4) is 0 Å². The normalized spacial score (nSPS) is 15.9. The third-order valence-corrected chi connectivity index (χ3v) is 5.51. The van der Waals surface area contributed by atoms with Gasteiger partial charge < -0.3 is 9.88 Å². The molecule has 1 amide bonds. The second kappa shape index (κ2) is 6.93. The van der Waals surface area contributed by atoms with Crippen LogP contribution in [0.1, 0.15) is 32.1 Å². The summed E-state index contributed by atoms with van der Waals surface area (Å²) >= 11 is 0. The first-order valence-electron chi connectivity index (χ1n) is 8.40. The standard InChI is InChI=1S/C17H23N3O3S/c1-24(22,23)17-19-14-9-4-5-10-15(14)20(17)12-6-11-18-16(21)13-7-2-3-8-13/h4-5,9-10,13H,2-3,6-8,11-12H2,1H3,(H,18,21). The molecule has 24 heavy (non-hydrogen) atoms. The molecular weight excluding hydrogens is 326 g/mol. The Labute approximate surface area is 142 Å². The number of aromatic nitrogens is 2. The van der Waals surface area contributed by atoms with Crippen molar-refractivity contribution in [2.24, 2.45) is 5.92 Å². The molecule has 1 saturated carbocycles. The molecule has 1 aliphatic carbocycles. The Morgan fingerprint density at radius 1 is 1.29 bits per heavy atom. The third-order valence-electron chi connectivity index (χ3n) is 4.53. The van der Waals surface area contributed by atoms with Crippen LogP contribution in [0.3, 0.4) is 0 Å². The molecule has 7 heteroatoms. The summed E-state index contributed by atoms with van der Waals surface area (Å²) in [4.78, 5) is 16.3. The fourth-order valence-corrected chi connectivity index (χ4v) is 4.19. The van der Waals surface area contributed by atoms with Gasteiger partial charge in [-0.05, 0) is 31.4 Å². The SMILES string of the molecule is CS(=O)(=O)c1nc2ccccc2n1CCCNC(=O)C1CCCC1. The lowest BCUT2D eigenvalue weighted by molar-refractivity contribution is -0.124. The number of imidazole rings is 1. The molecule has 6 nitrogen and oxygen atoms in total. The zero-order chi connectivity index (χ0) is 17.2. The summed E-state index contributed by atoms with van der Waals surface area (Å²) in [6, 6.07) is 7.39. The minimum Gasteiger partial charge on any atom is -0.356 e. The summed E-state index contributed by atoms with van der Waals surface area (Å²) < 4.78 is 25.7. The predicted octanol–water partition coefficient (Wildman–Crippen LogP) is 2.14. The van der Waals surface area contributed by atoms with Gasteiger partial charge >= 0.3 is 0 Å². The second-order valence-electron chi connectivity index (χ2n) is 6.43. The van der Waals surface area contributed by atoms with E-state index in [0.717, 1.165) is 31.2 Å². The molecule has 130 valence electrons. The topological polar surface area (TPSA) is 81.1 Å². The number of hydrogen-bond donors (Lipinski definition) is 1. The maximum absolute atomic E-state index is 12.0. The average molecular weight is 349 g/mol. The highest BCUT2D eigenvalue weighted by molar-refractivity contribution is 7.90. The van der Waals surface area contributed by atoms with Crippen molar-refractivity contribution in [1.29, 1.82) is 0 Å². The summed E-state index contributed by atoms with van der Waals surface area (Å²) in [5.74, 6) is 0.289. The Hall–Kier alpha value is -1.89. The Balaban J connectivity index is 1.67. The third kappa shape index (κ3) is 3.61. The van der Waals surface area contributed by atoms with Gasteiger partial charge in [0.05, 0.1) is 11.0 Å². The summed E-state index contributed by atoms with van der Waals surface area (Å²) in [5, 5.41) is 3.06. The highest BCUT2D eigenvalue weighted by Gasteiger charge is 2.22. The van der Waals surface area contributed by atoms with Crippen molar-refractivity contribution in [1.82, 2.24) is 14.9 Å². The molecule has 0 unspecified atom stereocenters. The van der Waals surface area contributed by atoms with Gasteiger partial charge in [0, 0.05) is 25.3 Å². The van der Waals surface area contributed by atoms with Crippen LogP contribution < -0.4 is 5.32 Å². The molecule has 0 radical (unpaired) electrons. The minimum atomic E-state index is -3.40. The number of nitrogens with one attached hydrogen (secondary N) is 1. The molecule has 1 fully saturated rings. The van der Waals surface area contributed by atoms with Crippen LogP contribution in [0.5, 0.6) is 0 Å². The van der Waals surface area contributed by atoms with E-state index < -0.39 is 9.84 Å².